The summed E-state index contributed by atoms with van der Waals surface area (Å²) in [6.45, 7) is 10.2. The van der Waals surface area contributed by atoms with E-state index in [1.165, 1.54) is 0 Å². The van der Waals surface area contributed by atoms with Crippen molar-refractivity contribution in [3.05, 3.63) is 65.2 Å². The van der Waals surface area contributed by atoms with E-state index in [1.54, 1.807) is 6.92 Å². The van der Waals surface area contributed by atoms with Crippen molar-refractivity contribution in [2.24, 2.45) is 0 Å². The van der Waals surface area contributed by atoms with E-state index in [0.717, 1.165) is 21.8 Å². The molecule has 1 aliphatic rings. The van der Waals surface area contributed by atoms with Gasteiger partial charge >= 0.3 is 6.03 Å². The SMILES string of the molecule is Cc1cccc(OCCNC(=O)CN2C(=O)NC(C)(c3ccc(C(C)(C)C)cc3)C2=O)c1. The maximum Gasteiger partial charge on any atom is 0.325 e. The van der Waals surface area contributed by atoms with Crippen molar-refractivity contribution in [2.75, 3.05) is 19.7 Å². The van der Waals surface area contributed by atoms with Crippen LogP contribution in [-0.2, 0) is 20.5 Å². The molecule has 1 saturated heterocycles. The molecule has 0 aliphatic carbocycles. The van der Waals surface area contributed by atoms with Crippen LogP contribution in [0.1, 0.15) is 44.4 Å². The first-order valence-electron chi connectivity index (χ1n) is 10.7. The van der Waals surface area contributed by atoms with Crippen LogP contribution in [0.15, 0.2) is 48.5 Å². The molecule has 32 heavy (non-hydrogen) atoms. The highest BCUT2D eigenvalue weighted by Gasteiger charge is 2.49. The minimum atomic E-state index is -1.21. The van der Waals surface area contributed by atoms with Gasteiger partial charge < -0.3 is 15.4 Å². The molecule has 7 heteroatoms. The van der Waals surface area contributed by atoms with Gasteiger partial charge in [-0.05, 0) is 48.1 Å². The molecule has 2 aromatic carbocycles. The fraction of sp³-hybridized carbons (Fsp3) is 0.400. The van der Waals surface area contributed by atoms with E-state index in [2.05, 4.69) is 31.4 Å². The zero-order valence-electron chi connectivity index (χ0n) is 19.3. The summed E-state index contributed by atoms with van der Waals surface area (Å²) in [5.41, 5.74) is 1.67. The third kappa shape index (κ3) is 5.10. The van der Waals surface area contributed by atoms with Crippen LogP contribution in [0.2, 0.25) is 0 Å². The number of rotatable bonds is 7. The lowest BCUT2D eigenvalue weighted by atomic mass is 9.84. The summed E-state index contributed by atoms with van der Waals surface area (Å²) in [5.74, 6) is -0.146. The molecule has 1 unspecified atom stereocenters. The molecule has 170 valence electrons. The van der Waals surface area contributed by atoms with Crippen LogP contribution >= 0.6 is 0 Å². The summed E-state index contributed by atoms with van der Waals surface area (Å²) in [4.78, 5) is 38.8. The number of aryl methyl sites for hydroxylation is 1. The Hall–Kier alpha value is -3.35. The van der Waals surface area contributed by atoms with Gasteiger partial charge in [0.2, 0.25) is 5.91 Å². The van der Waals surface area contributed by atoms with Gasteiger partial charge in [-0.25, -0.2) is 4.79 Å². The minimum absolute atomic E-state index is 0.0183. The summed E-state index contributed by atoms with van der Waals surface area (Å²) in [6, 6.07) is 14.7. The third-order valence-electron chi connectivity index (χ3n) is 5.59. The fourth-order valence-electron chi connectivity index (χ4n) is 3.60. The van der Waals surface area contributed by atoms with E-state index in [4.69, 9.17) is 4.74 Å². The lowest BCUT2D eigenvalue weighted by Crippen LogP contribution is -2.43. The predicted molar refractivity (Wildman–Crippen MR) is 122 cm³/mol. The molecule has 0 aromatic heterocycles. The van der Waals surface area contributed by atoms with Crippen molar-refractivity contribution in [3.8, 4) is 5.75 Å². The quantitative estimate of drug-likeness (QED) is 0.514. The molecule has 0 spiro atoms. The van der Waals surface area contributed by atoms with Gasteiger partial charge in [-0.2, -0.15) is 0 Å². The maximum atomic E-state index is 13.0. The van der Waals surface area contributed by atoms with Gasteiger partial charge in [-0.3, -0.25) is 14.5 Å². The van der Waals surface area contributed by atoms with Crippen LogP contribution in [0.3, 0.4) is 0 Å². The zero-order valence-corrected chi connectivity index (χ0v) is 19.3. The number of nitrogens with zero attached hydrogens (tertiary/aromatic N) is 1. The second-order valence-electron chi connectivity index (χ2n) is 9.29. The second kappa shape index (κ2) is 9.02. The van der Waals surface area contributed by atoms with Crippen molar-refractivity contribution >= 4 is 17.8 Å². The molecular formula is C25H31N3O4. The standard InChI is InChI=1S/C25H31N3O4/c1-17-7-6-8-20(15-17)32-14-13-26-21(29)16-28-22(30)25(5,27-23(28)31)19-11-9-18(10-12-19)24(2,3)4/h6-12,15H,13-14,16H2,1-5H3,(H,26,29)(H,27,31). The van der Waals surface area contributed by atoms with E-state index in [1.807, 2.05) is 55.5 Å². The van der Waals surface area contributed by atoms with Gasteiger partial charge in [0, 0.05) is 0 Å². The number of benzene rings is 2. The van der Waals surface area contributed by atoms with Gasteiger partial charge in [0.05, 0.1) is 6.54 Å². The van der Waals surface area contributed by atoms with E-state index in [-0.39, 0.29) is 25.1 Å². The minimum Gasteiger partial charge on any atom is -0.492 e. The molecule has 3 rings (SSSR count). The van der Waals surface area contributed by atoms with Crippen molar-refractivity contribution in [1.29, 1.82) is 0 Å². The van der Waals surface area contributed by atoms with E-state index in [9.17, 15) is 14.4 Å². The number of carbonyl (C=O) groups is 3. The smallest absolute Gasteiger partial charge is 0.325 e. The van der Waals surface area contributed by atoms with Crippen LogP contribution < -0.4 is 15.4 Å². The summed E-state index contributed by atoms with van der Waals surface area (Å²) >= 11 is 0. The molecule has 0 bridgehead atoms. The normalized spacial score (nSPS) is 18.5. The summed E-state index contributed by atoms with van der Waals surface area (Å²) in [7, 11) is 0. The average Bonchev–Trinajstić information content (AvgIpc) is 2.95. The Balaban J connectivity index is 1.56. The third-order valence-corrected chi connectivity index (χ3v) is 5.59. The monoisotopic (exact) mass is 437 g/mol. The van der Waals surface area contributed by atoms with Crippen LogP contribution in [0.4, 0.5) is 4.79 Å². The Bertz CT molecular complexity index is 1010. The first-order chi connectivity index (χ1) is 15.0. The van der Waals surface area contributed by atoms with Crippen molar-refractivity contribution < 1.29 is 19.1 Å². The number of amides is 4. The molecule has 1 aliphatic heterocycles. The Morgan fingerprint density at radius 2 is 1.81 bits per heavy atom. The van der Waals surface area contributed by atoms with Gasteiger partial charge in [-0.1, -0.05) is 57.2 Å². The van der Waals surface area contributed by atoms with Crippen LogP contribution in [0.5, 0.6) is 5.75 Å². The lowest BCUT2D eigenvalue weighted by Gasteiger charge is -2.24. The van der Waals surface area contributed by atoms with E-state index >= 15 is 0 Å². The molecule has 2 N–H and O–H groups in total. The van der Waals surface area contributed by atoms with Crippen molar-refractivity contribution in [2.45, 2.75) is 45.6 Å². The van der Waals surface area contributed by atoms with Gasteiger partial charge in [0.1, 0.15) is 24.4 Å². The fourth-order valence-corrected chi connectivity index (χ4v) is 3.60. The highest BCUT2D eigenvalue weighted by atomic mass is 16.5. The van der Waals surface area contributed by atoms with Crippen molar-refractivity contribution in [3.63, 3.8) is 0 Å². The average molecular weight is 438 g/mol. The number of carbonyl (C=O) groups excluding carboxylic acids is 3. The highest BCUT2D eigenvalue weighted by Crippen LogP contribution is 2.31. The molecule has 7 nitrogen and oxygen atoms in total. The van der Waals surface area contributed by atoms with Crippen LogP contribution in [0, 0.1) is 6.92 Å². The number of urea groups is 1. The first-order valence-corrected chi connectivity index (χ1v) is 10.7. The van der Waals surface area contributed by atoms with Crippen LogP contribution in [0.25, 0.3) is 0 Å². The molecule has 0 saturated carbocycles. The summed E-state index contributed by atoms with van der Waals surface area (Å²) < 4.78 is 5.60. The Kier molecular flexibility index (Phi) is 6.57. The Morgan fingerprint density at radius 1 is 1.12 bits per heavy atom. The molecule has 2 aromatic rings. The number of imide groups is 1. The molecule has 4 amide bonds. The second-order valence-corrected chi connectivity index (χ2v) is 9.29. The van der Waals surface area contributed by atoms with Crippen LogP contribution in [-0.4, -0.2) is 42.4 Å². The van der Waals surface area contributed by atoms with Gasteiger partial charge in [0.25, 0.3) is 5.91 Å². The number of ether oxygens (including phenoxy) is 1. The summed E-state index contributed by atoms with van der Waals surface area (Å²) in [5, 5.41) is 5.43. The van der Waals surface area contributed by atoms with Gasteiger partial charge in [-0.15, -0.1) is 0 Å². The largest absolute Gasteiger partial charge is 0.492 e. The molecule has 0 radical (unpaired) electrons. The maximum absolute atomic E-state index is 13.0. The first kappa shape index (κ1) is 23.3. The molecule has 1 heterocycles. The molecular weight excluding hydrogens is 406 g/mol. The van der Waals surface area contributed by atoms with E-state index in [0.29, 0.717) is 5.56 Å². The Labute approximate surface area is 189 Å². The molecule has 1 atom stereocenters. The van der Waals surface area contributed by atoms with Crippen molar-refractivity contribution in [1.82, 2.24) is 15.5 Å². The number of hydrogen-bond acceptors (Lipinski definition) is 4. The zero-order chi connectivity index (χ0) is 23.5. The topological polar surface area (TPSA) is 87.7 Å². The number of nitrogens with one attached hydrogen (secondary N) is 2. The highest BCUT2D eigenvalue weighted by molar-refractivity contribution is 6.09. The lowest BCUT2D eigenvalue weighted by molar-refractivity contribution is -0.134. The van der Waals surface area contributed by atoms with E-state index < -0.39 is 23.4 Å². The summed E-state index contributed by atoms with van der Waals surface area (Å²) in [6.07, 6.45) is 0. The predicted octanol–water partition coefficient (Wildman–Crippen LogP) is 3.25. The van der Waals surface area contributed by atoms with Gasteiger partial charge in [0.15, 0.2) is 0 Å². The Morgan fingerprint density at radius 3 is 2.44 bits per heavy atom. The number of hydrogen-bond donors (Lipinski definition) is 2. The molecule has 1 fully saturated rings.